The van der Waals surface area contributed by atoms with Crippen molar-refractivity contribution in [2.45, 2.75) is 17.0 Å². The van der Waals surface area contributed by atoms with E-state index >= 15 is 0 Å². The molecule has 40 heavy (non-hydrogen) atoms. The van der Waals surface area contributed by atoms with E-state index in [1.807, 2.05) is 6.07 Å². The number of morpholine rings is 1. The minimum atomic E-state index is -3.87. The lowest BCUT2D eigenvalue weighted by Crippen LogP contribution is -2.41. The van der Waals surface area contributed by atoms with Gasteiger partial charge in [-0.2, -0.15) is 4.31 Å². The number of benzene rings is 3. The fourth-order valence-corrected chi connectivity index (χ4v) is 6.59. The van der Waals surface area contributed by atoms with Gasteiger partial charge < -0.3 is 10.1 Å². The zero-order chi connectivity index (χ0) is 28.3. The van der Waals surface area contributed by atoms with Crippen LogP contribution < -0.4 is 5.32 Å². The number of hydrogen-bond donors (Lipinski definition) is 1. The molecule has 4 aromatic rings. The number of anilines is 1. The Balaban J connectivity index is 1.40. The normalized spacial score (nSPS) is 14.3. The van der Waals surface area contributed by atoms with Crippen LogP contribution in [0.5, 0.6) is 0 Å². The largest absolute Gasteiger partial charge is 0.379 e. The van der Waals surface area contributed by atoms with E-state index < -0.39 is 27.6 Å². The first-order chi connectivity index (χ1) is 19.2. The molecule has 2 heterocycles. The third-order valence-electron chi connectivity index (χ3n) is 6.15. The SMILES string of the molecule is Cc1ccc(NC(=O)CSc2nnc(-c3ccccc3)n2-c2ccc(F)cc2F)c(S(=O)(=O)N2CCOCC2)c1. The van der Waals surface area contributed by atoms with Crippen LogP contribution >= 0.6 is 11.8 Å². The van der Waals surface area contributed by atoms with Crippen molar-refractivity contribution in [1.29, 1.82) is 0 Å². The monoisotopic (exact) mass is 585 g/mol. The molecule has 1 aliphatic heterocycles. The Morgan fingerprint density at radius 3 is 2.50 bits per heavy atom. The van der Waals surface area contributed by atoms with Crippen molar-refractivity contribution in [3.63, 3.8) is 0 Å². The number of ether oxygens (including phenoxy) is 1. The number of nitrogens with one attached hydrogen (secondary N) is 1. The lowest BCUT2D eigenvalue weighted by atomic mass is 10.2. The minimum Gasteiger partial charge on any atom is -0.379 e. The summed E-state index contributed by atoms with van der Waals surface area (Å²) in [5, 5.41) is 11.3. The van der Waals surface area contributed by atoms with Crippen molar-refractivity contribution >= 4 is 33.4 Å². The van der Waals surface area contributed by atoms with Crippen LogP contribution in [0.1, 0.15) is 5.56 Å². The molecule has 1 aliphatic rings. The number of rotatable bonds is 8. The summed E-state index contributed by atoms with van der Waals surface area (Å²) in [6, 6.07) is 16.9. The number of thioether (sulfide) groups is 1. The number of aryl methyl sites for hydroxylation is 1. The Morgan fingerprint density at radius 1 is 1.02 bits per heavy atom. The fraction of sp³-hybridized carbons (Fsp3) is 0.222. The van der Waals surface area contributed by atoms with E-state index in [4.69, 9.17) is 4.74 Å². The van der Waals surface area contributed by atoms with Crippen molar-refractivity contribution in [2.75, 3.05) is 37.4 Å². The topological polar surface area (TPSA) is 106 Å². The van der Waals surface area contributed by atoms with Crippen LogP contribution in [0.25, 0.3) is 17.1 Å². The van der Waals surface area contributed by atoms with Gasteiger partial charge in [-0.1, -0.05) is 48.2 Å². The molecule has 208 valence electrons. The van der Waals surface area contributed by atoms with Crippen LogP contribution in [0.3, 0.4) is 0 Å². The Labute approximate surface area is 234 Å². The quantitative estimate of drug-likeness (QED) is 0.308. The summed E-state index contributed by atoms with van der Waals surface area (Å²) in [4.78, 5) is 13.0. The molecule has 0 bridgehead atoms. The van der Waals surface area contributed by atoms with Crippen molar-refractivity contribution in [2.24, 2.45) is 0 Å². The first-order valence-corrected chi connectivity index (χ1v) is 14.7. The maximum absolute atomic E-state index is 14.8. The van der Waals surface area contributed by atoms with Crippen LogP contribution in [0.15, 0.2) is 76.8 Å². The maximum atomic E-state index is 14.8. The Hall–Kier alpha value is -3.65. The predicted molar refractivity (Wildman–Crippen MR) is 147 cm³/mol. The number of halogens is 2. The van der Waals surface area contributed by atoms with E-state index in [-0.39, 0.29) is 40.3 Å². The molecule has 0 aliphatic carbocycles. The summed E-state index contributed by atoms with van der Waals surface area (Å²) in [7, 11) is -3.87. The van der Waals surface area contributed by atoms with Gasteiger partial charge in [0, 0.05) is 24.7 Å². The van der Waals surface area contributed by atoms with Crippen LogP contribution in [0.2, 0.25) is 0 Å². The highest BCUT2D eigenvalue weighted by Crippen LogP contribution is 2.31. The van der Waals surface area contributed by atoms with E-state index in [1.165, 1.54) is 21.0 Å². The van der Waals surface area contributed by atoms with Crippen LogP contribution in [-0.2, 0) is 19.6 Å². The summed E-state index contributed by atoms with van der Waals surface area (Å²) in [6.07, 6.45) is 0. The first-order valence-electron chi connectivity index (χ1n) is 12.3. The predicted octanol–water partition coefficient (Wildman–Crippen LogP) is 4.27. The number of carbonyl (C=O) groups excluding carboxylic acids is 1. The van der Waals surface area contributed by atoms with E-state index in [2.05, 4.69) is 15.5 Å². The van der Waals surface area contributed by atoms with Gasteiger partial charge in [0.25, 0.3) is 0 Å². The van der Waals surface area contributed by atoms with Crippen molar-refractivity contribution in [3.8, 4) is 17.1 Å². The van der Waals surface area contributed by atoms with E-state index in [1.54, 1.807) is 43.3 Å². The highest BCUT2D eigenvalue weighted by atomic mass is 32.2. The Morgan fingerprint density at radius 2 is 1.77 bits per heavy atom. The van der Waals surface area contributed by atoms with Gasteiger partial charge >= 0.3 is 0 Å². The van der Waals surface area contributed by atoms with Gasteiger partial charge in [0.05, 0.1) is 30.3 Å². The van der Waals surface area contributed by atoms with Gasteiger partial charge in [0.1, 0.15) is 16.5 Å². The molecule has 13 heteroatoms. The van der Waals surface area contributed by atoms with Gasteiger partial charge in [-0.15, -0.1) is 10.2 Å². The van der Waals surface area contributed by atoms with E-state index in [9.17, 15) is 22.0 Å². The lowest BCUT2D eigenvalue weighted by Gasteiger charge is -2.27. The van der Waals surface area contributed by atoms with Crippen molar-refractivity contribution in [1.82, 2.24) is 19.1 Å². The molecule has 0 unspecified atom stereocenters. The second-order valence-corrected chi connectivity index (χ2v) is 11.8. The zero-order valence-corrected chi connectivity index (χ0v) is 23.0. The van der Waals surface area contributed by atoms with Crippen LogP contribution in [-0.4, -0.2) is 65.5 Å². The smallest absolute Gasteiger partial charge is 0.245 e. The highest BCUT2D eigenvalue weighted by Gasteiger charge is 2.29. The summed E-state index contributed by atoms with van der Waals surface area (Å²) >= 11 is 0.983. The number of aromatic nitrogens is 3. The molecular weight excluding hydrogens is 560 g/mol. The van der Waals surface area contributed by atoms with E-state index in [0.29, 0.717) is 24.6 Å². The van der Waals surface area contributed by atoms with Crippen molar-refractivity contribution < 1.29 is 26.7 Å². The van der Waals surface area contributed by atoms with Gasteiger partial charge in [-0.05, 0) is 36.8 Å². The summed E-state index contributed by atoms with van der Waals surface area (Å²) in [5.41, 5.74) is 1.54. The summed E-state index contributed by atoms with van der Waals surface area (Å²) in [5.74, 6) is -1.92. The molecule has 0 atom stereocenters. The standard InChI is InChI=1S/C27H25F2N5O4S2/c1-18-7-9-22(24(15-18)40(36,37)33-11-13-38-14-12-33)30-25(35)17-39-27-32-31-26(19-5-3-2-4-6-19)34(27)23-10-8-20(28)16-21(23)29/h2-10,15-16H,11-14,17H2,1H3,(H,30,35). The molecule has 9 nitrogen and oxygen atoms in total. The van der Waals surface area contributed by atoms with E-state index in [0.717, 1.165) is 29.5 Å². The molecular formula is C27H25F2N5O4S2. The molecule has 1 amide bonds. The summed E-state index contributed by atoms with van der Waals surface area (Å²) < 4.78 is 63.2. The number of amides is 1. The molecule has 3 aromatic carbocycles. The fourth-order valence-electron chi connectivity index (χ4n) is 4.21. The molecule has 0 spiro atoms. The average Bonchev–Trinajstić information content (AvgIpc) is 3.37. The minimum absolute atomic E-state index is 0.00401. The maximum Gasteiger partial charge on any atom is 0.245 e. The molecule has 1 N–H and O–H groups in total. The second-order valence-electron chi connectivity index (χ2n) is 8.96. The van der Waals surface area contributed by atoms with Gasteiger partial charge in [0.2, 0.25) is 15.9 Å². The number of hydrogen-bond acceptors (Lipinski definition) is 7. The molecule has 5 rings (SSSR count). The average molecular weight is 586 g/mol. The van der Waals surface area contributed by atoms with Gasteiger partial charge in [-0.3, -0.25) is 9.36 Å². The second kappa shape index (κ2) is 11.8. The Bertz CT molecular complexity index is 1640. The molecule has 1 fully saturated rings. The number of sulfonamides is 1. The van der Waals surface area contributed by atoms with Crippen molar-refractivity contribution in [3.05, 3.63) is 83.9 Å². The summed E-state index contributed by atoms with van der Waals surface area (Å²) in [6.45, 7) is 2.80. The van der Waals surface area contributed by atoms with Gasteiger partial charge in [-0.25, -0.2) is 17.2 Å². The number of nitrogens with zero attached hydrogens (tertiary/aromatic N) is 4. The molecule has 0 radical (unpaired) electrons. The molecule has 1 aromatic heterocycles. The van der Waals surface area contributed by atoms with Crippen LogP contribution in [0, 0.1) is 18.6 Å². The third-order valence-corrected chi connectivity index (χ3v) is 9.01. The third kappa shape index (κ3) is 5.92. The molecule has 0 saturated carbocycles. The zero-order valence-electron chi connectivity index (χ0n) is 21.4. The Kier molecular flexibility index (Phi) is 8.26. The molecule has 1 saturated heterocycles. The van der Waals surface area contributed by atoms with Gasteiger partial charge in [0.15, 0.2) is 11.0 Å². The number of carbonyl (C=O) groups is 1. The highest BCUT2D eigenvalue weighted by molar-refractivity contribution is 7.99. The van der Waals surface area contributed by atoms with Crippen LogP contribution in [0.4, 0.5) is 14.5 Å². The lowest BCUT2D eigenvalue weighted by molar-refractivity contribution is -0.113. The first kappa shape index (κ1) is 27.9.